The van der Waals surface area contributed by atoms with Crippen molar-refractivity contribution < 1.29 is 19.1 Å². The first kappa shape index (κ1) is 21.4. The summed E-state index contributed by atoms with van der Waals surface area (Å²) >= 11 is 0. The zero-order chi connectivity index (χ0) is 21.5. The molecule has 2 aromatic rings. The van der Waals surface area contributed by atoms with Gasteiger partial charge in [0, 0.05) is 25.7 Å². The highest BCUT2D eigenvalue weighted by molar-refractivity contribution is 5.93. The standard InChI is InChI=1S/C23H27N3O4/c1-3-30-22(28)14-20(18-7-5-4-6-8-18)25-23(29)24-15-17-9-10-21-19(13-17)11-12-26(21)16(2)27/h4-10,13,20H,3,11-12,14-15H2,1-2H3,(H2,24,25,29). The molecule has 2 aromatic carbocycles. The second-order valence-corrected chi connectivity index (χ2v) is 7.18. The molecule has 0 saturated carbocycles. The lowest BCUT2D eigenvalue weighted by Gasteiger charge is -2.19. The van der Waals surface area contributed by atoms with Gasteiger partial charge in [0.05, 0.1) is 19.1 Å². The summed E-state index contributed by atoms with van der Waals surface area (Å²) in [6, 6.07) is 14.4. The molecule has 1 aliphatic heterocycles. The number of ether oxygens (including phenoxy) is 1. The number of carbonyl (C=O) groups is 3. The van der Waals surface area contributed by atoms with Crippen LogP contribution in [0.25, 0.3) is 0 Å². The van der Waals surface area contributed by atoms with E-state index in [1.54, 1.807) is 18.7 Å². The average molecular weight is 409 g/mol. The summed E-state index contributed by atoms with van der Waals surface area (Å²) in [6.07, 6.45) is 0.871. The molecule has 158 valence electrons. The van der Waals surface area contributed by atoms with Crippen LogP contribution in [0.1, 0.15) is 43.0 Å². The van der Waals surface area contributed by atoms with Crippen molar-refractivity contribution in [1.82, 2.24) is 10.6 Å². The highest BCUT2D eigenvalue weighted by atomic mass is 16.5. The maximum atomic E-state index is 12.5. The number of esters is 1. The van der Waals surface area contributed by atoms with Crippen molar-refractivity contribution in [3.63, 3.8) is 0 Å². The molecule has 30 heavy (non-hydrogen) atoms. The fourth-order valence-corrected chi connectivity index (χ4v) is 3.61. The normalized spacial score (nSPS) is 13.3. The van der Waals surface area contributed by atoms with E-state index < -0.39 is 6.04 Å². The number of hydrogen-bond acceptors (Lipinski definition) is 4. The van der Waals surface area contributed by atoms with Gasteiger partial charge < -0.3 is 20.3 Å². The van der Waals surface area contributed by atoms with E-state index in [-0.39, 0.29) is 24.3 Å². The zero-order valence-electron chi connectivity index (χ0n) is 17.3. The van der Waals surface area contributed by atoms with Gasteiger partial charge in [0.15, 0.2) is 0 Å². The van der Waals surface area contributed by atoms with E-state index in [0.29, 0.717) is 19.7 Å². The van der Waals surface area contributed by atoms with E-state index in [9.17, 15) is 14.4 Å². The Morgan fingerprint density at radius 3 is 2.60 bits per heavy atom. The van der Waals surface area contributed by atoms with Gasteiger partial charge in [0.25, 0.3) is 0 Å². The molecule has 0 aliphatic carbocycles. The molecule has 7 nitrogen and oxygen atoms in total. The van der Waals surface area contributed by atoms with Crippen LogP contribution in [0.2, 0.25) is 0 Å². The Kier molecular flexibility index (Phi) is 7.06. The Bertz CT molecular complexity index is 914. The highest BCUT2D eigenvalue weighted by Gasteiger charge is 2.22. The Morgan fingerprint density at radius 2 is 1.90 bits per heavy atom. The fraction of sp³-hybridized carbons (Fsp3) is 0.348. The molecular formula is C23H27N3O4. The smallest absolute Gasteiger partial charge is 0.315 e. The Morgan fingerprint density at radius 1 is 1.13 bits per heavy atom. The molecule has 0 spiro atoms. The Labute approximate surface area is 176 Å². The predicted octanol–water partition coefficient (Wildman–Crippen LogP) is 3.09. The van der Waals surface area contributed by atoms with E-state index in [4.69, 9.17) is 4.74 Å². The summed E-state index contributed by atoms with van der Waals surface area (Å²) in [6.45, 7) is 4.65. The molecule has 0 saturated heterocycles. The van der Waals surface area contributed by atoms with Gasteiger partial charge in [0.1, 0.15) is 0 Å². The Balaban J connectivity index is 1.60. The third kappa shape index (κ3) is 5.37. The number of anilines is 1. The number of benzene rings is 2. The quantitative estimate of drug-likeness (QED) is 0.688. The number of fused-ring (bicyclic) bond motifs is 1. The van der Waals surface area contributed by atoms with Crippen LogP contribution in [0.3, 0.4) is 0 Å². The number of urea groups is 1. The van der Waals surface area contributed by atoms with E-state index in [2.05, 4.69) is 10.6 Å². The topological polar surface area (TPSA) is 87.7 Å². The first-order chi connectivity index (χ1) is 14.5. The molecule has 1 atom stereocenters. The lowest BCUT2D eigenvalue weighted by atomic mass is 10.0. The van der Waals surface area contributed by atoms with Crippen LogP contribution in [0.15, 0.2) is 48.5 Å². The second-order valence-electron chi connectivity index (χ2n) is 7.18. The van der Waals surface area contributed by atoms with Crippen LogP contribution in [-0.4, -0.2) is 31.1 Å². The molecule has 0 aromatic heterocycles. The second kappa shape index (κ2) is 9.91. The Hall–Kier alpha value is -3.35. The molecule has 1 unspecified atom stereocenters. The minimum atomic E-state index is -0.477. The summed E-state index contributed by atoms with van der Waals surface area (Å²) in [4.78, 5) is 37.9. The molecule has 1 aliphatic rings. The van der Waals surface area contributed by atoms with Gasteiger partial charge in [-0.25, -0.2) is 4.79 Å². The number of carbonyl (C=O) groups excluding carboxylic acids is 3. The van der Waals surface area contributed by atoms with Crippen molar-refractivity contribution in [1.29, 1.82) is 0 Å². The SMILES string of the molecule is CCOC(=O)CC(NC(=O)NCc1ccc2c(c1)CCN2C(C)=O)c1ccccc1. The molecule has 7 heteroatoms. The van der Waals surface area contributed by atoms with Gasteiger partial charge in [-0.15, -0.1) is 0 Å². The van der Waals surface area contributed by atoms with Crippen molar-refractivity contribution in [2.24, 2.45) is 0 Å². The lowest BCUT2D eigenvalue weighted by Crippen LogP contribution is -2.38. The van der Waals surface area contributed by atoms with Crippen molar-refractivity contribution >= 4 is 23.6 Å². The summed E-state index contributed by atoms with van der Waals surface area (Å²) in [7, 11) is 0. The van der Waals surface area contributed by atoms with Gasteiger partial charge in [0.2, 0.25) is 5.91 Å². The van der Waals surface area contributed by atoms with Crippen LogP contribution < -0.4 is 15.5 Å². The number of hydrogen-bond donors (Lipinski definition) is 2. The van der Waals surface area contributed by atoms with Crippen LogP contribution >= 0.6 is 0 Å². The maximum absolute atomic E-state index is 12.5. The number of nitrogens with one attached hydrogen (secondary N) is 2. The largest absolute Gasteiger partial charge is 0.466 e. The average Bonchev–Trinajstić information content (AvgIpc) is 3.16. The van der Waals surface area contributed by atoms with Gasteiger partial charge in [-0.05, 0) is 36.1 Å². The lowest BCUT2D eigenvalue weighted by molar-refractivity contribution is -0.143. The van der Waals surface area contributed by atoms with E-state index in [0.717, 1.165) is 28.8 Å². The summed E-state index contributed by atoms with van der Waals surface area (Å²) in [5.74, 6) is -0.326. The molecule has 0 radical (unpaired) electrons. The van der Waals surface area contributed by atoms with Gasteiger partial charge >= 0.3 is 12.0 Å². The van der Waals surface area contributed by atoms with Crippen LogP contribution in [0, 0.1) is 0 Å². The maximum Gasteiger partial charge on any atom is 0.315 e. The first-order valence-electron chi connectivity index (χ1n) is 10.1. The molecule has 2 N–H and O–H groups in total. The number of amides is 3. The van der Waals surface area contributed by atoms with Crippen molar-refractivity contribution in [3.8, 4) is 0 Å². The van der Waals surface area contributed by atoms with Crippen LogP contribution in [0.5, 0.6) is 0 Å². The van der Waals surface area contributed by atoms with E-state index >= 15 is 0 Å². The van der Waals surface area contributed by atoms with Crippen molar-refractivity contribution in [2.45, 2.75) is 39.3 Å². The third-order valence-electron chi connectivity index (χ3n) is 5.06. The summed E-state index contributed by atoms with van der Waals surface area (Å²) in [5.41, 5.74) is 3.84. The van der Waals surface area contributed by atoms with Crippen LogP contribution in [-0.2, 0) is 27.3 Å². The molecule has 3 rings (SSSR count). The minimum absolute atomic E-state index is 0.0348. The minimum Gasteiger partial charge on any atom is -0.466 e. The summed E-state index contributed by atoms with van der Waals surface area (Å²) < 4.78 is 5.03. The van der Waals surface area contributed by atoms with Crippen molar-refractivity contribution in [2.75, 3.05) is 18.1 Å². The number of rotatable bonds is 7. The molecular weight excluding hydrogens is 382 g/mol. The third-order valence-corrected chi connectivity index (χ3v) is 5.06. The van der Waals surface area contributed by atoms with E-state index in [1.165, 1.54) is 0 Å². The van der Waals surface area contributed by atoms with Gasteiger partial charge in [-0.1, -0.05) is 42.5 Å². The van der Waals surface area contributed by atoms with Gasteiger partial charge in [-0.3, -0.25) is 9.59 Å². The van der Waals surface area contributed by atoms with E-state index in [1.807, 2.05) is 48.5 Å². The zero-order valence-corrected chi connectivity index (χ0v) is 17.3. The molecule has 3 amide bonds. The predicted molar refractivity (Wildman–Crippen MR) is 114 cm³/mol. The fourth-order valence-electron chi connectivity index (χ4n) is 3.61. The molecule has 0 bridgehead atoms. The molecule has 0 fully saturated rings. The molecule has 1 heterocycles. The highest BCUT2D eigenvalue weighted by Crippen LogP contribution is 2.28. The van der Waals surface area contributed by atoms with Crippen LogP contribution in [0.4, 0.5) is 10.5 Å². The van der Waals surface area contributed by atoms with Crippen molar-refractivity contribution in [3.05, 3.63) is 65.2 Å². The van der Waals surface area contributed by atoms with Gasteiger partial charge in [-0.2, -0.15) is 0 Å². The summed E-state index contributed by atoms with van der Waals surface area (Å²) in [5, 5.41) is 5.71. The monoisotopic (exact) mass is 409 g/mol. The first-order valence-corrected chi connectivity index (χ1v) is 10.1. The number of nitrogens with zero attached hydrogens (tertiary/aromatic N) is 1.